The Balaban J connectivity index is 4.12. The predicted molar refractivity (Wildman–Crippen MR) is 44.0 cm³/mol. The van der Waals surface area contributed by atoms with Gasteiger partial charge in [-0.05, 0) is 24.9 Å². The topological polar surface area (TPSA) is 17.1 Å². The van der Waals surface area contributed by atoms with Gasteiger partial charge < -0.3 is 0 Å². The van der Waals surface area contributed by atoms with Crippen LogP contribution in [0.15, 0.2) is 23.8 Å². The quantitative estimate of drug-likeness (QED) is 0.351. The van der Waals surface area contributed by atoms with Gasteiger partial charge in [0, 0.05) is 5.57 Å². The lowest BCUT2D eigenvalue weighted by Crippen LogP contribution is -1.87. The van der Waals surface area contributed by atoms with Gasteiger partial charge in [-0.1, -0.05) is 25.2 Å². The summed E-state index contributed by atoms with van der Waals surface area (Å²) >= 11 is 5.22. The zero-order valence-electron chi connectivity index (χ0n) is 6.23. The molecular formula is C8H11ClO. The van der Waals surface area contributed by atoms with Gasteiger partial charge in [0.15, 0.2) is 0 Å². The van der Waals surface area contributed by atoms with Crippen LogP contribution in [0.5, 0.6) is 0 Å². The molecule has 0 fully saturated rings. The van der Waals surface area contributed by atoms with Crippen molar-refractivity contribution in [3.05, 3.63) is 23.8 Å². The molecule has 0 heterocycles. The zero-order valence-corrected chi connectivity index (χ0v) is 6.98. The number of carbonyl (C=O) groups is 1. The van der Waals surface area contributed by atoms with Crippen LogP contribution in [0.25, 0.3) is 0 Å². The van der Waals surface area contributed by atoms with Gasteiger partial charge in [-0.2, -0.15) is 0 Å². The maximum absolute atomic E-state index is 10.5. The lowest BCUT2D eigenvalue weighted by atomic mass is 10.2. The Morgan fingerprint density at radius 2 is 2.20 bits per heavy atom. The van der Waals surface area contributed by atoms with Crippen LogP contribution in [-0.2, 0) is 4.79 Å². The minimum atomic E-state index is -0.396. The molecule has 0 radical (unpaired) electrons. The molecule has 0 rings (SSSR count). The summed E-state index contributed by atoms with van der Waals surface area (Å²) in [5, 5.41) is -0.396. The van der Waals surface area contributed by atoms with E-state index < -0.39 is 5.24 Å². The molecule has 0 saturated carbocycles. The summed E-state index contributed by atoms with van der Waals surface area (Å²) in [6.45, 7) is 3.79. The summed E-state index contributed by atoms with van der Waals surface area (Å²) in [4.78, 5) is 10.5. The highest BCUT2D eigenvalue weighted by molar-refractivity contribution is 6.68. The smallest absolute Gasteiger partial charge is 0.252 e. The van der Waals surface area contributed by atoms with Crippen molar-refractivity contribution in [2.75, 3.05) is 0 Å². The van der Waals surface area contributed by atoms with E-state index in [2.05, 4.69) is 0 Å². The third kappa shape index (κ3) is 3.46. The number of allylic oxidation sites excluding steroid dienone is 4. The summed E-state index contributed by atoms with van der Waals surface area (Å²) in [6.07, 6.45) is 6.24. The van der Waals surface area contributed by atoms with E-state index in [9.17, 15) is 4.79 Å². The van der Waals surface area contributed by atoms with Crippen LogP contribution in [0.4, 0.5) is 0 Å². The van der Waals surface area contributed by atoms with Crippen LogP contribution in [-0.4, -0.2) is 5.24 Å². The second-order valence-electron chi connectivity index (χ2n) is 1.83. The van der Waals surface area contributed by atoms with Gasteiger partial charge in [0.1, 0.15) is 0 Å². The Kier molecular flexibility index (Phi) is 4.95. The fraction of sp³-hybridized carbons (Fsp3) is 0.375. The molecule has 0 amide bonds. The Hall–Kier alpha value is -0.560. The first-order valence-electron chi connectivity index (χ1n) is 3.25. The first kappa shape index (κ1) is 9.44. The highest BCUT2D eigenvalue weighted by Gasteiger charge is 1.97. The van der Waals surface area contributed by atoms with Crippen molar-refractivity contribution < 1.29 is 4.79 Å². The van der Waals surface area contributed by atoms with E-state index in [1.165, 1.54) is 0 Å². The van der Waals surface area contributed by atoms with Crippen LogP contribution in [0, 0.1) is 0 Å². The SMILES string of the molecule is C/C=C(\C=C/CC)C(=O)Cl. The molecule has 0 aromatic heterocycles. The van der Waals surface area contributed by atoms with E-state index in [0.717, 1.165) is 6.42 Å². The van der Waals surface area contributed by atoms with Gasteiger partial charge >= 0.3 is 0 Å². The van der Waals surface area contributed by atoms with Gasteiger partial charge in [-0.3, -0.25) is 4.79 Å². The molecule has 2 heteroatoms. The van der Waals surface area contributed by atoms with E-state index >= 15 is 0 Å². The number of rotatable bonds is 3. The summed E-state index contributed by atoms with van der Waals surface area (Å²) in [7, 11) is 0. The molecule has 0 spiro atoms. The number of carbonyl (C=O) groups excluding carboxylic acids is 1. The highest BCUT2D eigenvalue weighted by Crippen LogP contribution is 2.02. The van der Waals surface area contributed by atoms with E-state index in [1.54, 1.807) is 19.1 Å². The van der Waals surface area contributed by atoms with Gasteiger partial charge in [0.05, 0.1) is 0 Å². The van der Waals surface area contributed by atoms with Crippen molar-refractivity contribution in [1.82, 2.24) is 0 Å². The molecule has 0 aromatic rings. The number of halogens is 1. The number of hydrogen-bond donors (Lipinski definition) is 0. The Bertz CT molecular complexity index is 168. The van der Waals surface area contributed by atoms with Gasteiger partial charge in [0.2, 0.25) is 0 Å². The normalized spacial score (nSPS) is 12.5. The summed E-state index contributed by atoms with van der Waals surface area (Å²) in [6, 6.07) is 0. The standard InChI is InChI=1S/C8H11ClO/c1-3-5-6-7(4-2)8(9)10/h4-6H,3H2,1-2H3/b6-5-,7-4+. The molecular weight excluding hydrogens is 148 g/mol. The zero-order chi connectivity index (χ0) is 7.98. The molecule has 0 N–H and O–H groups in total. The monoisotopic (exact) mass is 158 g/mol. The number of hydrogen-bond acceptors (Lipinski definition) is 1. The molecule has 0 aliphatic carbocycles. The molecule has 0 saturated heterocycles. The van der Waals surface area contributed by atoms with E-state index in [-0.39, 0.29) is 0 Å². The van der Waals surface area contributed by atoms with E-state index in [4.69, 9.17) is 11.6 Å². The third-order valence-corrected chi connectivity index (χ3v) is 1.29. The Labute approximate surface area is 66.4 Å². The fourth-order valence-corrected chi connectivity index (χ4v) is 0.692. The fourth-order valence-electron chi connectivity index (χ4n) is 0.520. The molecule has 0 atom stereocenters. The van der Waals surface area contributed by atoms with Gasteiger partial charge in [-0.25, -0.2) is 0 Å². The average molecular weight is 159 g/mol. The van der Waals surface area contributed by atoms with Crippen molar-refractivity contribution in [2.24, 2.45) is 0 Å². The van der Waals surface area contributed by atoms with Crippen LogP contribution in [0.2, 0.25) is 0 Å². The Morgan fingerprint density at radius 3 is 2.50 bits per heavy atom. The summed E-state index contributed by atoms with van der Waals surface area (Å²) < 4.78 is 0. The maximum atomic E-state index is 10.5. The molecule has 10 heavy (non-hydrogen) atoms. The van der Waals surface area contributed by atoms with Crippen LogP contribution >= 0.6 is 11.6 Å². The molecule has 1 nitrogen and oxygen atoms in total. The lowest BCUT2D eigenvalue weighted by molar-refractivity contribution is -0.108. The molecule has 0 aromatic carbocycles. The largest absolute Gasteiger partial charge is 0.276 e. The third-order valence-electron chi connectivity index (χ3n) is 1.07. The lowest BCUT2D eigenvalue weighted by Gasteiger charge is -1.88. The minimum absolute atomic E-state index is 0.396. The van der Waals surface area contributed by atoms with Crippen LogP contribution in [0.3, 0.4) is 0 Å². The molecule has 0 aliphatic rings. The highest BCUT2D eigenvalue weighted by atomic mass is 35.5. The van der Waals surface area contributed by atoms with Crippen LogP contribution < -0.4 is 0 Å². The molecule has 0 bridgehead atoms. The molecule has 0 aliphatic heterocycles. The van der Waals surface area contributed by atoms with Crippen molar-refractivity contribution in [2.45, 2.75) is 20.3 Å². The minimum Gasteiger partial charge on any atom is -0.276 e. The van der Waals surface area contributed by atoms with Gasteiger partial charge in [-0.15, -0.1) is 0 Å². The van der Waals surface area contributed by atoms with Crippen molar-refractivity contribution in [3.63, 3.8) is 0 Å². The van der Waals surface area contributed by atoms with Gasteiger partial charge in [0.25, 0.3) is 5.24 Å². The second-order valence-corrected chi connectivity index (χ2v) is 2.17. The van der Waals surface area contributed by atoms with Crippen LogP contribution in [0.1, 0.15) is 20.3 Å². The van der Waals surface area contributed by atoms with E-state index in [0.29, 0.717) is 5.57 Å². The maximum Gasteiger partial charge on any atom is 0.252 e. The van der Waals surface area contributed by atoms with Crippen molar-refractivity contribution in [3.8, 4) is 0 Å². The Morgan fingerprint density at radius 1 is 1.60 bits per heavy atom. The summed E-state index contributed by atoms with van der Waals surface area (Å²) in [5.41, 5.74) is 0.559. The van der Waals surface area contributed by atoms with E-state index in [1.807, 2.05) is 13.0 Å². The first-order valence-corrected chi connectivity index (χ1v) is 3.62. The summed E-state index contributed by atoms with van der Waals surface area (Å²) in [5.74, 6) is 0. The molecule has 56 valence electrons. The van der Waals surface area contributed by atoms with Crippen molar-refractivity contribution in [1.29, 1.82) is 0 Å². The second kappa shape index (κ2) is 5.24. The molecule has 0 unspecified atom stereocenters. The predicted octanol–water partition coefficient (Wildman–Crippen LogP) is 2.66. The first-order chi connectivity index (χ1) is 4.72. The van der Waals surface area contributed by atoms with Crippen molar-refractivity contribution >= 4 is 16.8 Å². The average Bonchev–Trinajstić information content (AvgIpc) is 1.89.